The molecule has 0 aliphatic heterocycles. The number of nitrogens with two attached hydrogens (primary N) is 1. The smallest absolute Gasteiger partial charge is 0.252 e. The number of hydrogen-bond acceptors (Lipinski definition) is 4. The third-order valence-corrected chi connectivity index (χ3v) is 1.80. The summed E-state index contributed by atoms with van der Waals surface area (Å²) in [6.07, 6.45) is 0. The lowest BCUT2D eigenvalue weighted by Gasteiger charge is -2.19. The predicted octanol–water partition coefficient (Wildman–Crippen LogP) is -0.138. The first-order chi connectivity index (χ1) is 6.49. The fourth-order valence-electron chi connectivity index (χ4n) is 1.28. The van der Waals surface area contributed by atoms with Gasteiger partial charge < -0.3 is 15.6 Å². The van der Waals surface area contributed by atoms with Crippen LogP contribution in [0.15, 0.2) is 10.9 Å². The normalized spacial score (nSPS) is 12.6. The Morgan fingerprint density at radius 3 is 2.86 bits per heavy atom. The monoisotopic (exact) mass is 196 g/mol. The summed E-state index contributed by atoms with van der Waals surface area (Å²) in [5.41, 5.74) is 5.52. The van der Waals surface area contributed by atoms with E-state index in [9.17, 15) is 4.79 Å². The van der Waals surface area contributed by atoms with Crippen LogP contribution in [0.2, 0.25) is 0 Å². The molecule has 0 saturated heterocycles. The minimum absolute atomic E-state index is 0.0568. The van der Waals surface area contributed by atoms with Crippen LogP contribution in [0.25, 0.3) is 0 Å². The van der Waals surface area contributed by atoms with E-state index in [0.717, 1.165) is 0 Å². The van der Waals surface area contributed by atoms with Gasteiger partial charge in [-0.2, -0.15) is 0 Å². The standard InChI is InChI=1S/C9H16N4O/c1-6(10)5-13(3)8-4-9(14)12-7(2)11-8/h4,6H,5,10H2,1-3H3,(H,11,12,14). The van der Waals surface area contributed by atoms with E-state index in [4.69, 9.17) is 5.73 Å². The molecule has 0 aliphatic carbocycles. The van der Waals surface area contributed by atoms with E-state index >= 15 is 0 Å². The first-order valence-electron chi connectivity index (χ1n) is 4.53. The molecular weight excluding hydrogens is 180 g/mol. The zero-order chi connectivity index (χ0) is 10.7. The molecule has 1 unspecified atom stereocenters. The lowest BCUT2D eigenvalue weighted by atomic mass is 10.3. The largest absolute Gasteiger partial charge is 0.358 e. The van der Waals surface area contributed by atoms with Crippen molar-refractivity contribution in [3.63, 3.8) is 0 Å². The minimum Gasteiger partial charge on any atom is -0.358 e. The number of rotatable bonds is 3. The average molecular weight is 196 g/mol. The molecule has 78 valence electrons. The number of nitrogens with zero attached hydrogens (tertiary/aromatic N) is 2. The number of hydrogen-bond donors (Lipinski definition) is 2. The molecule has 1 aromatic rings. The Morgan fingerprint density at radius 1 is 1.71 bits per heavy atom. The maximum atomic E-state index is 11.1. The Kier molecular flexibility index (Phi) is 3.24. The van der Waals surface area contributed by atoms with E-state index in [1.54, 1.807) is 6.92 Å². The number of nitrogens with one attached hydrogen (secondary N) is 1. The highest BCUT2D eigenvalue weighted by molar-refractivity contribution is 5.36. The molecule has 1 atom stereocenters. The molecule has 0 aromatic carbocycles. The van der Waals surface area contributed by atoms with Crippen LogP contribution in [0.4, 0.5) is 5.82 Å². The molecular formula is C9H16N4O. The lowest BCUT2D eigenvalue weighted by Crippen LogP contribution is -2.34. The van der Waals surface area contributed by atoms with Crippen LogP contribution in [0.5, 0.6) is 0 Å². The molecule has 0 bridgehead atoms. The summed E-state index contributed by atoms with van der Waals surface area (Å²) in [4.78, 5) is 19.8. The quantitative estimate of drug-likeness (QED) is 0.705. The highest BCUT2D eigenvalue weighted by atomic mass is 16.1. The fraction of sp³-hybridized carbons (Fsp3) is 0.556. The summed E-state index contributed by atoms with van der Waals surface area (Å²) in [5.74, 6) is 1.27. The number of aromatic nitrogens is 2. The number of aryl methyl sites for hydroxylation is 1. The second-order valence-electron chi connectivity index (χ2n) is 3.55. The molecule has 1 heterocycles. The molecule has 5 heteroatoms. The summed E-state index contributed by atoms with van der Waals surface area (Å²) in [6, 6.07) is 1.52. The molecule has 0 aliphatic rings. The second-order valence-corrected chi connectivity index (χ2v) is 3.55. The van der Waals surface area contributed by atoms with Crippen molar-refractivity contribution < 1.29 is 0 Å². The van der Waals surface area contributed by atoms with Gasteiger partial charge in [0.25, 0.3) is 5.56 Å². The van der Waals surface area contributed by atoms with Crippen LogP contribution in [-0.4, -0.2) is 29.6 Å². The Hall–Kier alpha value is -1.36. The Labute approximate surface area is 83.0 Å². The van der Waals surface area contributed by atoms with Crippen LogP contribution in [0.3, 0.4) is 0 Å². The van der Waals surface area contributed by atoms with Gasteiger partial charge in [-0.05, 0) is 13.8 Å². The van der Waals surface area contributed by atoms with E-state index in [-0.39, 0.29) is 11.6 Å². The van der Waals surface area contributed by atoms with Gasteiger partial charge in [0, 0.05) is 25.7 Å². The van der Waals surface area contributed by atoms with Crippen molar-refractivity contribution in [1.29, 1.82) is 0 Å². The molecule has 5 nitrogen and oxygen atoms in total. The third kappa shape index (κ3) is 2.85. The maximum Gasteiger partial charge on any atom is 0.252 e. The van der Waals surface area contributed by atoms with Crippen LogP contribution in [0.1, 0.15) is 12.7 Å². The van der Waals surface area contributed by atoms with Gasteiger partial charge in [0.15, 0.2) is 0 Å². The molecule has 0 radical (unpaired) electrons. The predicted molar refractivity (Wildman–Crippen MR) is 56.5 cm³/mol. The number of likely N-dealkylation sites (N-methyl/N-ethyl adjacent to an activating group) is 1. The fourth-order valence-corrected chi connectivity index (χ4v) is 1.28. The Balaban J connectivity index is 2.89. The van der Waals surface area contributed by atoms with E-state index in [0.29, 0.717) is 18.2 Å². The van der Waals surface area contributed by atoms with Gasteiger partial charge in [-0.3, -0.25) is 4.79 Å². The van der Waals surface area contributed by atoms with E-state index < -0.39 is 0 Å². The van der Waals surface area contributed by atoms with Crippen molar-refractivity contribution in [1.82, 2.24) is 9.97 Å². The average Bonchev–Trinajstić information content (AvgIpc) is 2.00. The summed E-state index contributed by atoms with van der Waals surface area (Å²) in [5, 5.41) is 0. The van der Waals surface area contributed by atoms with Gasteiger partial charge in [0.05, 0.1) is 0 Å². The maximum absolute atomic E-state index is 11.1. The first-order valence-corrected chi connectivity index (χ1v) is 4.53. The summed E-state index contributed by atoms with van der Waals surface area (Å²) in [7, 11) is 1.87. The van der Waals surface area contributed by atoms with Crippen LogP contribution in [0, 0.1) is 6.92 Å². The van der Waals surface area contributed by atoms with E-state index in [1.807, 2.05) is 18.9 Å². The van der Waals surface area contributed by atoms with Crippen LogP contribution < -0.4 is 16.2 Å². The van der Waals surface area contributed by atoms with Crippen molar-refractivity contribution in [2.45, 2.75) is 19.9 Å². The molecule has 14 heavy (non-hydrogen) atoms. The van der Waals surface area contributed by atoms with Crippen molar-refractivity contribution in [2.24, 2.45) is 5.73 Å². The van der Waals surface area contributed by atoms with Crippen LogP contribution >= 0.6 is 0 Å². The molecule has 1 rings (SSSR count). The van der Waals surface area contributed by atoms with Gasteiger partial charge in [0.1, 0.15) is 11.6 Å². The van der Waals surface area contributed by atoms with Crippen molar-refractivity contribution in [3.8, 4) is 0 Å². The molecule has 3 N–H and O–H groups in total. The first kappa shape index (κ1) is 10.7. The number of aromatic amines is 1. The van der Waals surface area contributed by atoms with Gasteiger partial charge >= 0.3 is 0 Å². The third-order valence-electron chi connectivity index (χ3n) is 1.80. The topological polar surface area (TPSA) is 75.0 Å². The van der Waals surface area contributed by atoms with E-state index in [1.165, 1.54) is 6.07 Å². The number of anilines is 1. The lowest BCUT2D eigenvalue weighted by molar-refractivity contribution is 0.709. The summed E-state index contributed by atoms with van der Waals surface area (Å²) < 4.78 is 0. The molecule has 1 aromatic heterocycles. The van der Waals surface area contributed by atoms with Crippen molar-refractivity contribution in [3.05, 3.63) is 22.2 Å². The SMILES string of the molecule is Cc1nc(N(C)CC(C)N)cc(=O)[nH]1. The zero-order valence-corrected chi connectivity index (χ0v) is 8.74. The second kappa shape index (κ2) is 4.23. The highest BCUT2D eigenvalue weighted by Crippen LogP contribution is 2.04. The van der Waals surface area contributed by atoms with Gasteiger partial charge in [-0.25, -0.2) is 4.98 Å². The van der Waals surface area contributed by atoms with Crippen LogP contribution in [-0.2, 0) is 0 Å². The molecule has 0 fully saturated rings. The molecule has 0 spiro atoms. The van der Waals surface area contributed by atoms with Gasteiger partial charge in [-0.15, -0.1) is 0 Å². The van der Waals surface area contributed by atoms with Gasteiger partial charge in [-0.1, -0.05) is 0 Å². The Bertz CT molecular complexity index is 358. The van der Waals surface area contributed by atoms with Crippen molar-refractivity contribution >= 4 is 5.82 Å². The molecule has 0 amide bonds. The minimum atomic E-state index is -0.135. The Morgan fingerprint density at radius 2 is 2.36 bits per heavy atom. The zero-order valence-electron chi connectivity index (χ0n) is 8.74. The summed E-state index contributed by atoms with van der Waals surface area (Å²) >= 11 is 0. The highest BCUT2D eigenvalue weighted by Gasteiger charge is 2.05. The molecule has 0 saturated carbocycles. The summed E-state index contributed by atoms with van der Waals surface area (Å²) in [6.45, 7) is 4.34. The van der Waals surface area contributed by atoms with Crippen molar-refractivity contribution in [2.75, 3.05) is 18.5 Å². The van der Waals surface area contributed by atoms with E-state index in [2.05, 4.69) is 9.97 Å². The van der Waals surface area contributed by atoms with Gasteiger partial charge in [0.2, 0.25) is 0 Å². The number of H-pyrrole nitrogens is 1.